The van der Waals surface area contributed by atoms with Crippen LogP contribution in [-0.4, -0.2) is 15.2 Å². The third-order valence-electron chi connectivity index (χ3n) is 1.78. The van der Waals surface area contributed by atoms with Gasteiger partial charge in [0, 0.05) is 23.5 Å². The minimum Gasteiger partial charge on any atom is -0.282 e. The lowest BCUT2D eigenvalue weighted by atomic mass is 10.2. The molecule has 2 rings (SSSR count). The van der Waals surface area contributed by atoms with Crippen molar-refractivity contribution >= 4 is 10.9 Å². The van der Waals surface area contributed by atoms with Gasteiger partial charge in [-0.3, -0.25) is 10.1 Å². The number of nitriles is 1. The van der Waals surface area contributed by atoms with Gasteiger partial charge < -0.3 is 0 Å². The average molecular weight is 158 g/mol. The van der Waals surface area contributed by atoms with Crippen LogP contribution < -0.4 is 0 Å². The molecule has 0 aliphatic carbocycles. The fraction of sp³-hybridized carbons (Fsp3) is 0.125. The Labute approximate surface area is 68.9 Å². The Morgan fingerprint density at radius 1 is 1.50 bits per heavy atom. The van der Waals surface area contributed by atoms with Gasteiger partial charge in [-0.05, 0) is 6.92 Å². The maximum absolute atomic E-state index is 8.70. The van der Waals surface area contributed by atoms with Gasteiger partial charge in [0.25, 0.3) is 0 Å². The van der Waals surface area contributed by atoms with E-state index in [0.29, 0.717) is 11.1 Å². The van der Waals surface area contributed by atoms with Crippen LogP contribution in [-0.2, 0) is 0 Å². The summed E-state index contributed by atoms with van der Waals surface area (Å²) in [6.07, 6.45) is 3.22. The van der Waals surface area contributed by atoms with Crippen molar-refractivity contribution in [1.29, 1.82) is 5.26 Å². The molecule has 0 radical (unpaired) electrons. The molecule has 2 aromatic heterocycles. The Morgan fingerprint density at radius 2 is 2.33 bits per heavy atom. The van der Waals surface area contributed by atoms with Gasteiger partial charge >= 0.3 is 0 Å². The largest absolute Gasteiger partial charge is 0.282 e. The van der Waals surface area contributed by atoms with Crippen LogP contribution in [0.5, 0.6) is 0 Å². The summed E-state index contributed by atoms with van der Waals surface area (Å²) in [4.78, 5) is 3.93. The van der Waals surface area contributed by atoms with Crippen LogP contribution in [0.1, 0.15) is 11.3 Å². The van der Waals surface area contributed by atoms with Gasteiger partial charge in [0.1, 0.15) is 11.6 Å². The molecule has 1 N–H and O–H groups in total. The molecule has 0 saturated heterocycles. The zero-order valence-corrected chi connectivity index (χ0v) is 6.50. The van der Waals surface area contributed by atoms with Crippen molar-refractivity contribution in [3.63, 3.8) is 0 Å². The fourth-order valence-electron chi connectivity index (χ4n) is 1.13. The summed E-state index contributed by atoms with van der Waals surface area (Å²) in [6.45, 7) is 1.90. The molecule has 0 aromatic carbocycles. The zero-order chi connectivity index (χ0) is 8.55. The molecule has 0 aliphatic rings. The number of hydrogen-bond donors (Lipinski definition) is 1. The van der Waals surface area contributed by atoms with Crippen LogP contribution in [0.15, 0.2) is 12.4 Å². The van der Waals surface area contributed by atoms with E-state index in [1.165, 1.54) is 6.20 Å². The van der Waals surface area contributed by atoms with E-state index in [9.17, 15) is 0 Å². The third-order valence-corrected chi connectivity index (χ3v) is 1.78. The minimum absolute atomic E-state index is 0.511. The van der Waals surface area contributed by atoms with Crippen LogP contribution >= 0.6 is 0 Å². The van der Waals surface area contributed by atoms with E-state index in [0.717, 1.165) is 11.1 Å². The highest BCUT2D eigenvalue weighted by Crippen LogP contribution is 2.16. The normalized spacial score (nSPS) is 10.0. The number of rotatable bonds is 0. The Morgan fingerprint density at radius 3 is 3.08 bits per heavy atom. The van der Waals surface area contributed by atoms with Crippen LogP contribution in [0.4, 0.5) is 0 Å². The quantitative estimate of drug-likeness (QED) is 0.625. The van der Waals surface area contributed by atoms with E-state index in [4.69, 9.17) is 5.26 Å². The zero-order valence-electron chi connectivity index (χ0n) is 6.50. The molecule has 0 saturated carbocycles. The number of aryl methyl sites for hydroxylation is 1. The van der Waals surface area contributed by atoms with Crippen LogP contribution in [0.25, 0.3) is 10.9 Å². The third kappa shape index (κ3) is 0.768. The molecule has 4 heteroatoms. The molecule has 0 bridgehead atoms. The second-order valence-corrected chi connectivity index (χ2v) is 2.54. The summed E-state index contributed by atoms with van der Waals surface area (Å²) < 4.78 is 0. The smallest absolute Gasteiger partial charge is 0.113 e. The highest BCUT2D eigenvalue weighted by atomic mass is 15.1. The molecular weight excluding hydrogens is 152 g/mol. The number of aromatic amines is 1. The first-order valence-corrected chi connectivity index (χ1v) is 3.51. The highest BCUT2D eigenvalue weighted by molar-refractivity contribution is 5.84. The molecule has 2 heterocycles. The molecular formula is C8H6N4. The van der Waals surface area contributed by atoms with Gasteiger partial charge in [0.15, 0.2) is 0 Å². The summed E-state index contributed by atoms with van der Waals surface area (Å²) in [7, 11) is 0. The van der Waals surface area contributed by atoms with Gasteiger partial charge in [0.05, 0.1) is 5.56 Å². The van der Waals surface area contributed by atoms with E-state index >= 15 is 0 Å². The topological polar surface area (TPSA) is 65.4 Å². The molecule has 0 unspecified atom stereocenters. The van der Waals surface area contributed by atoms with Crippen molar-refractivity contribution in [2.45, 2.75) is 6.92 Å². The Hall–Kier alpha value is -1.89. The Balaban J connectivity index is 2.92. The van der Waals surface area contributed by atoms with Crippen molar-refractivity contribution < 1.29 is 0 Å². The Kier molecular flexibility index (Phi) is 1.31. The SMILES string of the molecule is Cc1[nH]nc2c(C#N)cncc12. The first kappa shape index (κ1) is 6.80. The maximum atomic E-state index is 8.70. The molecule has 0 atom stereocenters. The summed E-state index contributed by atoms with van der Waals surface area (Å²) in [6, 6.07) is 2.04. The van der Waals surface area contributed by atoms with Crippen LogP contribution in [0.2, 0.25) is 0 Å². The number of nitrogens with one attached hydrogen (secondary N) is 1. The molecule has 0 aliphatic heterocycles. The summed E-state index contributed by atoms with van der Waals surface area (Å²) in [5, 5.41) is 16.4. The van der Waals surface area contributed by atoms with Crippen LogP contribution in [0, 0.1) is 18.3 Å². The van der Waals surface area contributed by atoms with Crippen molar-refractivity contribution in [2.75, 3.05) is 0 Å². The van der Waals surface area contributed by atoms with Gasteiger partial charge in [-0.25, -0.2) is 0 Å². The number of fused-ring (bicyclic) bond motifs is 1. The predicted octanol–water partition coefficient (Wildman–Crippen LogP) is 1.14. The first-order valence-electron chi connectivity index (χ1n) is 3.51. The molecule has 0 fully saturated rings. The number of nitrogens with zero attached hydrogens (tertiary/aromatic N) is 3. The second kappa shape index (κ2) is 2.31. The molecule has 58 valence electrons. The fourth-order valence-corrected chi connectivity index (χ4v) is 1.13. The summed E-state index contributed by atoms with van der Waals surface area (Å²) in [5.74, 6) is 0. The Bertz CT molecular complexity index is 463. The average Bonchev–Trinajstić information content (AvgIpc) is 2.48. The van der Waals surface area contributed by atoms with Gasteiger partial charge in [-0.2, -0.15) is 10.4 Å². The standard InChI is InChI=1S/C8H6N4/c1-5-7-4-10-3-6(2-9)8(7)12-11-5/h3-4H,1H3,(H,11,12). The number of H-pyrrole nitrogens is 1. The van der Waals surface area contributed by atoms with Gasteiger partial charge in [0.2, 0.25) is 0 Å². The predicted molar refractivity (Wildman–Crippen MR) is 43.3 cm³/mol. The first-order chi connectivity index (χ1) is 5.83. The van der Waals surface area contributed by atoms with E-state index in [-0.39, 0.29) is 0 Å². The lowest BCUT2D eigenvalue weighted by Crippen LogP contribution is -1.80. The monoisotopic (exact) mass is 158 g/mol. The molecule has 0 spiro atoms. The number of aromatic nitrogens is 3. The van der Waals surface area contributed by atoms with Crippen molar-refractivity contribution in [3.8, 4) is 6.07 Å². The van der Waals surface area contributed by atoms with E-state index in [2.05, 4.69) is 15.2 Å². The molecule has 0 amide bonds. The van der Waals surface area contributed by atoms with E-state index < -0.39 is 0 Å². The van der Waals surface area contributed by atoms with Gasteiger partial charge in [-0.1, -0.05) is 0 Å². The number of hydrogen-bond acceptors (Lipinski definition) is 3. The minimum atomic E-state index is 0.511. The van der Waals surface area contributed by atoms with Crippen LogP contribution in [0.3, 0.4) is 0 Å². The van der Waals surface area contributed by atoms with Gasteiger partial charge in [-0.15, -0.1) is 0 Å². The van der Waals surface area contributed by atoms with Crippen molar-refractivity contribution in [3.05, 3.63) is 23.7 Å². The van der Waals surface area contributed by atoms with E-state index in [1.807, 2.05) is 13.0 Å². The second-order valence-electron chi connectivity index (χ2n) is 2.54. The number of pyridine rings is 1. The lowest BCUT2D eigenvalue weighted by Gasteiger charge is -1.88. The van der Waals surface area contributed by atoms with E-state index in [1.54, 1.807) is 6.20 Å². The maximum Gasteiger partial charge on any atom is 0.113 e. The van der Waals surface area contributed by atoms with Crippen molar-refractivity contribution in [1.82, 2.24) is 15.2 Å². The summed E-state index contributed by atoms with van der Waals surface area (Å²) in [5.41, 5.74) is 2.15. The molecule has 2 aromatic rings. The highest BCUT2D eigenvalue weighted by Gasteiger charge is 2.05. The molecule has 12 heavy (non-hydrogen) atoms. The molecule has 4 nitrogen and oxygen atoms in total. The summed E-state index contributed by atoms with van der Waals surface area (Å²) >= 11 is 0. The van der Waals surface area contributed by atoms with Crippen molar-refractivity contribution in [2.24, 2.45) is 0 Å². The lowest BCUT2D eigenvalue weighted by molar-refractivity contribution is 1.07.